The van der Waals surface area contributed by atoms with E-state index in [-0.39, 0.29) is 6.61 Å². The monoisotopic (exact) mass is 427 g/mol. The van der Waals surface area contributed by atoms with Crippen molar-refractivity contribution in [2.24, 2.45) is 0 Å². The standard InChI is InChI=1S/C20H21N5O4S/c26-7-13-16(27)17(28)20(29-13)25-10-24-15-18(22-9-23-19(15)25)21-6-5-11-8-30-14-4-2-1-3-12(11)14/h1-4,8-10,13,16-17,20,26-28H,5-7H2,(H,21,22,23)/t13-,16-,17-,20-/m1/s1. The van der Waals surface area contributed by atoms with Crippen LogP contribution in [0, 0.1) is 0 Å². The van der Waals surface area contributed by atoms with Crippen LogP contribution in [0.1, 0.15) is 11.8 Å². The molecule has 4 heterocycles. The molecule has 0 aliphatic carbocycles. The maximum Gasteiger partial charge on any atom is 0.167 e. The smallest absolute Gasteiger partial charge is 0.167 e. The highest BCUT2D eigenvalue weighted by atomic mass is 32.1. The lowest BCUT2D eigenvalue weighted by molar-refractivity contribution is -0.0511. The first-order valence-corrected chi connectivity index (χ1v) is 10.5. The molecule has 1 aromatic carbocycles. The van der Waals surface area contributed by atoms with E-state index >= 15 is 0 Å². The van der Waals surface area contributed by atoms with Crippen LogP contribution in [-0.4, -0.2) is 66.3 Å². The predicted octanol–water partition coefficient (Wildman–Crippen LogP) is 1.31. The number of hydrogen-bond acceptors (Lipinski definition) is 9. The van der Waals surface area contributed by atoms with Crippen molar-refractivity contribution in [3.05, 3.63) is 47.9 Å². The Morgan fingerprint density at radius 3 is 2.83 bits per heavy atom. The van der Waals surface area contributed by atoms with Crippen LogP contribution in [0.25, 0.3) is 21.3 Å². The first kappa shape index (κ1) is 19.3. The summed E-state index contributed by atoms with van der Waals surface area (Å²) in [7, 11) is 0. The average molecular weight is 427 g/mol. The molecule has 1 aliphatic heterocycles. The van der Waals surface area contributed by atoms with Gasteiger partial charge in [-0.25, -0.2) is 15.0 Å². The molecule has 0 spiro atoms. The number of hydrogen-bond donors (Lipinski definition) is 4. The fourth-order valence-electron chi connectivity index (χ4n) is 3.82. The Morgan fingerprint density at radius 1 is 1.13 bits per heavy atom. The number of aromatic nitrogens is 4. The van der Waals surface area contributed by atoms with Crippen molar-refractivity contribution in [2.45, 2.75) is 31.0 Å². The van der Waals surface area contributed by atoms with E-state index in [0.717, 1.165) is 6.42 Å². The highest BCUT2D eigenvalue weighted by Crippen LogP contribution is 2.32. The zero-order valence-corrected chi connectivity index (χ0v) is 16.7. The largest absolute Gasteiger partial charge is 0.394 e. The molecule has 4 N–H and O–H groups in total. The first-order chi connectivity index (χ1) is 14.7. The molecule has 9 nitrogen and oxygen atoms in total. The number of thiophene rings is 1. The number of ether oxygens (including phenoxy) is 1. The van der Waals surface area contributed by atoms with E-state index in [4.69, 9.17) is 4.74 Å². The van der Waals surface area contributed by atoms with Crippen LogP contribution in [-0.2, 0) is 11.2 Å². The Bertz CT molecular complexity index is 1180. The minimum atomic E-state index is -1.20. The van der Waals surface area contributed by atoms with Gasteiger partial charge >= 0.3 is 0 Å². The maximum absolute atomic E-state index is 10.3. The number of anilines is 1. The molecule has 1 aliphatic rings. The van der Waals surface area contributed by atoms with Crippen molar-refractivity contribution < 1.29 is 20.1 Å². The highest BCUT2D eigenvalue weighted by molar-refractivity contribution is 7.17. The summed E-state index contributed by atoms with van der Waals surface area (Å²) in [6.45, 7) is 0.286. The normalized spacial score (nSPS) is 24.1. The number of nitrogens with zero attached hydrogens (tertiary/aromatic N) is 4. The van der Waals surface area contributed by atoms with Gasteiger partial charge in [-0.2, -0.15) is 0 Å². The summed E-state index contributed by atoms with van der Waals surface area (Å²) in [5.41, 5.74) is 2.30. The summed E-state index contributed by atoms with van der Waals surface area (Å²) in [6, 6.07) is 8.34. The summed E-state index contributed by atoms with van der Waals surface area (Å²) in [4.78, 5) is 13.0. The zero-order valence-electron chi connectivity index (χ0n) is 15.9. The summed E-state index contributed by atoms with van der Waals surface area (Å²) >= 11 is 1.74. The molecule has 0 saturated carbocycles. The molecule has 4 aromatic rings. The molecule has 3 aromatic heterocycles. The Kier molecular flexibility index (Phi) is 5.09. The minimum absolute atomic E-state index is 0.388. The van der Waals surface area contributed by atoms with E-state index in [0.29, 0.717) is 23.5 Å². The fraction of sp³-hybridized carbons (Fsp3) is 0.350. The number of rotatable bonds is 6. The molecule has 4 atom stereocenters. The number of aliphatic hydroxyl groups is 3. The molecule has 0 radical (unpaired) electrons. The third kappa shape index (κ3) is 3.22. The third-order valence-electron chi connectivity index (χ3n) is 5.40. The number of benzene rings is 1. The zero-order chi connectivity index (χ0) is 20.7. The van der Waals surface area contributed by atoms with Gasteiger partial charge in [0.25, 0.3) is 0 Å². The Hall–Kier alpha value is -2.63. The van der Waals surface area contributed by atoms with E-state index < -0.39 is 24.5 Å². The van der Waals surface area contributed by atoms with Crippen LogP contribution < -0.4 is 5.32 Å². The molecular weight excluding hydrogens is 406 g/mol. The van der Waals surface area contributed by atoms with Gasteiger partial charge in [0, 0.05) is 11.2 Å². The number of imidazole rings is 1. The molecule has 5 rings (SSSR count). The van der Waals surface area contributed by atoms with Gasteiger partial charge < -0.3 is 25.4 Å². The van der Waals surface area contributed by atoms with Crippen LogP contribution in [0.4, 0.5) is 5.82 Å². The van der Waals surface area contributed by atoms with Crippen LogP contribution in [0.3, 0.4) is 0 Å². The van der Waals surface area contributed by atoms with E-state index in [1.165, 1.54) is 28.3 Å². The van der Waals surface area contributed by atoms with Crippen LogP contribution in [0.5, 0.6) is 0 Å². The van der Waals surface area contributed by atoms with Crippen molar-refractivity contribution in [2.75, 3.05) is 18.5 Å². The van der Waals surface area contributed by atoms with Gasteiger partial charge in [-0.15, -0.1) is 11.3 Å². The van der Waals surface area contributed by atoms with Gasteiger partial charge in [0.15, 0.2) is 23.2 Å². The molecule has 10 heteroatoms. The highest BCUT2D eigenvalue weighted by Gasteiger charge is 2.44. The van der Waals surface area contributed by atoms with E-state index in [1.807, 2.05) is 12.1 Å². The topological polar surface area (TPSA) is 126 Å². The molecule has 0 amide bonds. The van der Waals surface area contributed by atoms with E-state index in [9.17, 15) is 15.3 Å². The van der Waals surface area contributed by atoms with Gasteiger partial charge in [0.05, 0.1) is 12.9 Å². The van der Waals surface area contributed by atoms with Gasteiger partial charge in [-0.3, -0.25) is 4.57 Å². The van der Waals surface area contributed by atoms with Crippen molar-refractivity contribution >= 4 is 38.4 Å². The number of nitrogens with one attached hydrogen (secondary N) is 1. The summed E-state index contributed by atoms with van der Waals surface area (Å²) in [5.74, 6) is 0.588. The van der Waals surface area contributed by atoms with Crippen LogP contribution in [0.2, 0.25) is 0 Å². The average Bonchev–Trinajstić information content (AvgIpc) is 3.45. The third-order valence-corrected chi connectivity index (χ3v) is 6.41. The molecule has 0 bridgehead atoms. The molecule has 1 saturated heterocycles. The van der Waals surface area contributed by atoms with Gasteiger partial charge in [0.1, 0.15) is 24.6 Å². The second-order valence-electron chi connectivity index (χ2n) is 7.21. The molecule has 156 valence electrons. The summed E-state index contributed by atoms with van der Waals surface area (Å²) in [6.07, 6.45) is -0.369. The minimum Gasteiger partial charge on any atom is -0.394 e. The first-order valence-electron chi connectivity index (χ1n) is 9.66. The predicted molar refractivity (Wildman–Crippen MR) is 112 cm³/mol. The quantitative estimate of drug-likeness (QED) is 0.363. The summed E-state index contributed by atoms with van der Waals surface area (Å²) < 4.78 is 8.42. The van der Waals surface area contributed by atoms with Gasteiger partial charge in [-0.05, 0) is 28.8 Å². The Balaban J connectivity index is 1.35. The maximum atomic E-state index is 10.3. The Morgan fingerprint density at radius 2 is 2.00 bits per heavy atom. The molecule has 0 unspecified atom stereocenters. The van der Waals surface area contributed by atoms with Crippen molar-refractivity contribution in [3.63, 3.8) is 0 Å². The fourth-order valence-corrected chi connectivity index (χ4v) is 4.82. The van der Waals surface area contributed by atoms with Gasteiger partial charge in [0.2, 0.25) is 0 Å². The van der Waals surface area contributed by atoms with Crippen molar-refractivity contribution in [3.8, 4) is 0 Å². The lowest BCUT2D eigenvalue weighted by atomic mass is 10.1. The lowest BCUT2D eigenvalue weighted by Crippen LogP contribution is -2.33. The van der Waals surface area contributed by atoms with Crippen molar-refractivity contribution in [1.29, 1.82) is 0 Å². The second kappa shape index (κ2) is 7.89. The SMILES string of the molecule is OC[C@H]1O[C@@H](n2cnc3c(NCCc4csc5ccccc45)ncnc32)[C@H](O)[C@@H]1O. The number of fused-ring (bicyclic) bond motifs is 2. The second-order valence-corrected chi connectivity index (χ2v) is 8.12. The van der Waals surface area contributed by atoms with Crippen LogP contribution in [0.15, 0.2) is 42.3 Å². The summed E-state index contributed by atoms with van der Waals surface area (Å²) in [5, 5.41) is 36.4. The van der Waals surface area contributed by atoms with Crippen molar-refractivity contribution in [1.82, 2.24) is 19.5 Å². The van der Waals surface area contributed by atoms with Crippen LogP contribution >= 0.6 is 11.3 Å². The lowest BCUT2D eigenvalue weighted by Gasteiger charge is -2.16. The molecule has 1 fully saturated rings. The van der Waals surface area contributed by atoms with E-state index in [1.54, 1.807) is 15.9 Å². The van der Waals surface area contributed by atoms with E-state index in [2.05, 4.69) is 37.8 Å². The molecular formula is C20H21N5O4S. The Labute approximate surface area is 175 Å². The molecule has 30 heavy (non-hydrogen) atoms. The number of aliphatic hydroxyl groups excluding tert-OH is 3. The van der Waals surface area contributed by atoms with Gasteiger partial charge in [-0.1, -0.05) is 18.2 Å².